The summed E-state index contributed by atoms with van der Waals surface area (Å²) in [5.41, 5.74) is 2.72. The number of hydrogen-bond acceptors (Lipinski definition) is 1. The Morgan fingerprint density at radius 3 is 1.75 bits per heavy atom. The molecule has 0 heterocycles. The normalized spacial score (nSPS) is 10.7. The molecule has 0 bridgehead atoms. The summed E-state index contributed by atoms with van der Waals surface area (Å²) in [6.07, 6.45) is 7.51. The first-order valence-corrected chi connectivity index (χ1v) is 7.01. The van der Waals surface area contributed by atoms with Crippen LogP contribution >= 0.6 is 0 Å². The van der Waals surface area contributed by atoms with Gasteiger partial charge in [0.15, 0.2) is 0 Å². The van der Waals surface area contributed by atoms with Crippen molar-refractivity contribution in [3.05, 3.63) is 71.8 Å². The van der Waals surface area contributed by atoms with Crippen LogP contribution in [0.3, 0.4) is 0 Å². The van der Waals surface area contributed by atoms with Crippen LogP contribution in [0.1, 0.15) is 11.1 Å². The van der Waals surface area contributed by atoms with Gasteiger partial charge in [0.25, 0.3) is 0 Å². The highest BCUT2D eigenvalue weighted by molar-refractivity contribution is 5.20. The van der Waals surface area contributed by atoms with E-state index < -0.39 is 0 Å². The first-order valence-electron chi connectivity index (χ1n) is 7.01. The van der Waals surface area contributed by atoms with Gasteiger partial charge in [-0.2, -0.15) is 0 Å². The Hall–Kier alpha value is -2.04. The van der Waals surface area contributed by atoms with E-state index in [9.17, 15) is 0 Å². The maximum absolute atomic E-state index is 5.46. The Kier molecular flexibility index (Phi) is 5.41. The van der Waals surface area contributed by atoms with Crippen LogP contribution in [0, 0.1) is 12.3 Å². The molecule has 0 fully saturated rings. The molecule has 0 saturated carbocycles. The van der Waals surface area contributed by atoms with E-state index in [-0.39, 0.29) is 0 Å². The summed E-state index contributed by atoms with van der Waals surface area (Å²) in [7, 11) is 2.11. The zero-order valence-electron chi connectivity index (χ0n) is 12.0. The van der Waals surface area contributed by atoms with Gasteiger partial charge in [-0.25, -0.2) is 0 Å². The molecule has 0 aliphatic carbocycles. The Morgan fingerprint density at radius 1 is 0.900 bits per heavy atom. The van der Waals surface area contributed by atoms with E-state index >= 15 is 0 Å². The third kappa shape index (κ3) is 4.26. The Bertz CT molecular complexity index is 497. The van der Waals surface area contributed by atoms with E-state index in [0.717, 1.165) is 12.8 Å². The van der Waals surface area contributed by atoms with E-state index in [2.05, 4.69) is 78.5 Å². The van der Waals surface area contributed by atoms with Crippen LogP contribution in [0.15, 0.2) is 60.7 Å². The summed E-state index contributed by atoms with van der Waals surface area (Å²) in [6, 6.07) is 21.6. The molecule has 2 aromatic rings. The van der Waals surface area contributed by atoms with Crippen molar-refractivity contribution < 1.29 is 0 Å². The van der Waals surface area contributed by atoms with Crippen molar-refractivity contribution in [1.82, 2.24) is 4.90 Å². The van der Waals surface area contributed by atoms with Gasteiger partial charge >= 0.3 is 0 Å². The lowest BCUT2D eigenvalue weighted by atomic mass is 9.98. The monoisotopic (exact) mass is 263 g/mol. The second-order valence-electron chi connectivity index (χ2n) is 5.15. The van der Waals surface area contributed by atoms with E-state index in [1.165, 1.54) is 11.1 Å². The fourth-order valence-corrected chi connectivity index (χ4v) is 2.43. The van der Waals surface area contributed by atoms with Crippen molar-refractivity contribution in [1.29, 1.82) is 0 Å². The molecule has 0 unspecified atom stereocenters. The molecule has 0 aliphatic rings. The zero-order chi connectivity index (χ0) is 14.2. The average Bonchev–Trinajstić information content (AvgIpc) is 2.49. The zero-order valence-corrected chi connectivity index (χ0v) is 12.0. The number of hydrogen-bond donors (Lipinski definition) is 0. The van der Waals surface area contributed by atoms with Crippen LogP contribution in [0.4, 0.5) is 0 Å². The van der Waals surface area contributed by atoms with E-state index in [1.807, 2.05) is 0 Å². The van der Waals surface area contributed by atoms with Crippen molar-refractivity contribution in [2.45, 2.75) is 18.9 Å². The highest BCUT2D eigenvalue weighted by Crippen LogP contribution is 2.13. The minimum absolute atomic E-state index is 0.427. The van der Waals surface area contributed by atoms with Crippen molar-refractivity contribution in [2.24, 2.45) is 0 Å². The minimum Gasteiger partial charge on any atom is -0.292 e. The molecular weight excluding hydrogens is 242 g/mol. The Labute approximate surface area is 122 Å². The summed E-state index contributed by atoms with van der Waals surface area (Å²) in [4.78, 5) is 2.26. The fraction of sp³-hybridized carbons (Fsp3) is 0.263. The predicted octanol–water partition coefficient (Wildman–Crippen LogP) is 3.41. The van der Waals surface area contributed by atoms with Crippen LogP contribution in [0.5, 0.6) is 0 Å². The molecule has 0 aliphatic heterocycles. The molecule has 2 aromatic carbocycles. The summed E-state index contributed by atoms with van der Waals surface area (Å²) in [6.45, 7) is 0.685. The lowest BCUT2D eigenvalue weighted by molar-refractivity contribution is 0.266. The van der Waals surface area contributed by atoms with Gasteiger partial charge in [0, 0.05) is 6.04 Å². The standard InChI is InChI=1S/C19H21N/c1-3-14-20(2)19(15-17-10-6-4-7-11-17)16-18-12-8-5-9-13-18/h1,4-13,19H,14-16H2,2H3. The van der Waals surface area contributed by atoms with Crippen LogP contribution < -0.4 is 0 Å². The molecule has 102 valence electrons. The summed E-state index contributed by atoms with van der Waals surface area (Å²) in [5.74, 6) is 2.75. The summed E-state index contributed by atoms with van der Waals surface area (Å²) in [5, 5.41) is 0. The average molecular weight is 263 g/mol. The maximum Gasteiger partial charge on any atom is 0.0599 e. The maximum atomic E-state index is 5.46. The van der Waals surface area contributed by atoms with Gasteiger partial charge in [0.2, 0.25) is 0 Å². The summed E-state index contributed by atoms with van der Waals surface area (Å²) < 4.78 is 0. The van der Waals surface area contributed by atoms with Crippen LogP contribution in [0.25, 0.3) is 0 Å². The smallest absolute Gasteiger partial charge is 0.0599 e. The quantitative estimate of drug-likeness (QED) is 0.722. The molecule has 0 amide bonds. The second kappa shape index (κ2) is 7.53. The number of likely N-dealkylation sites (N-methyl/N-ethyl adjacent to an activating group) is 1. The molecule has 0 N–H and O–H groups in total. The lowest BCUT2D eigenvalue weighted by Crippen LogP contribution is -2.35. The van der Waals surface area contributed by atoms with Gasteiger partial charge in [-0.15, -0.1) is 6.42 Å². The van der Waals surface area contributed by atoms with Gasteiger partial charge in [-0.05, 0) is 31.0 Å². The molecule has 0 aromatic heterocycles. The third-order valence-electron chi connectivity index (χ3n) is 3.59. The van der Waals surface area contributed by atoms with Crippen molar-refractivity contribution in [3.8, 4) is 12.3 Å². The third-order valence-corrected chi connectivity index (χ3v) is 3.59. The van der Waals surface area contributed by atoms with Gasteiger partial charge in [-0.3, -0.25) is 4.90 Å². The highest BCUT2D eigenvalue weighted by Gasteiger charge is 2.15. The van der Waals surface area contributed by atoms with Crippen LogP contribution in [0.2, 0.25) is 0 Å². The van der Waals surface area contributed by atoms with Gasteiger partial charge in [-0.1, -0.05) is 66.6 Å². The number of terminal acetylenes is 1. The number of rotatable bonds is 6. The first kappa shape index (κ1) is 14.4. The first-order chi connectivity index (χ1) is 9.79. The molecular formula is C19H21N. The van der Waals surface area contributed by atoms with Crippen LogP contribution in [-0.2, 0) is 12.8 Å². The van der Waals surface area contributed by atoms with Crippen molar-refractivity contribution in [2.75, 3.05) is 13.6 Å². The molecule has 2 rings (SSSR count). The Morgan fingerprint density at radius 2 is 1.35 bits per heavy atom. The molecule has 0 saturated heterocycles. The lowest BCUT2D eigenvalue weighted by Gasteiger charge is -2.26. The van der Waals surface area contributed by atoms with E-state index in [0.29, 0.717) is 12.6 Å². The minimum atomic E-state index is 0.427. The van der Waals surface area contributed by atoms with E-state index in [1.54, 1.807) is 0 Å². The molecule has 1 nitrogen and oxygen atoms in total. The molecule has 1 heteroatoms. The summed E-state index contributed by atoms with van der Waals surface area (Å²) >= 11 is 0. The highest BCUT2D eigenvalue weighted by atomic mass is 15.1. The van der Waals surface area contributed by atoms with Gasteiger partial charge < -0.3 is 0 Å². The molecule has 0 atom stereocenters. The van der Waals surface area contributed by atoms with Crippen LogP contribution in [-0.4, -0.2) is 24.5 Å². The van der Waals surface area contributed by atoms with Crippen molar-refractivity contribution in [3.63, 3.8) is 0 Å². The second-order valence-corrected chi connectivity index (χ2v) is 5.15. The topological polar surface area (TPSA) is 3.24 Å². The van der Waals surface area contributed by atoms with Gasteiger partial charge in [0.1, 0.15) is 0 Å². The molecule has 20 heavy (non-hydrogen) atoms. The molecule has 0 radical (unpaired) electrons. The predicted molar refractivity (Wildman–Crippen MR) is 85.5 cm³/mol. The van der Waals surface area contributed by atoms with Gasteiger partial charge in [0.05, 0.1) is 6.54 Å². The molecule has 0 spiro atoms. The fourth-order valence-electron chi connectivity index (χ4n) is 2.43. The number of benzene rings is 2. The van der Waals surface area contributed by atoms with Crippen molar-refractivity contribution >= 4 is 0 Å². The Balaban J connectivity index is 2.10. The number of nitrogens with zero attached hydrogens (tertiary/aromatic N) is 1. The SMILES string of the molecule is C#CCN(C)C(Cc1ccccc1)Cc1ccccc1. The largest absolute Gasteiger partial charge is 0.292 e. The van der Waals surface area contributed by atoms with E-state index in [4.69, 9.17) is 6.42 Å².